The number of carbonyl (C=O) groups excluding carboxylic acids is 1. The third-order valence-electron chi connectivity index (χ3n) is 20.7. The molecule has 0 aromatic heterocycles. The summed E-state index contributed by atoms with van der Waals surface area (Å²) in [5.41, 5.74) is 0. The fourth-order valence-corrected chi connectivity index (χ4v) is 14.2. The third kappa shape index (κ3) is 60.1. The molecule has 1 rings (SSSR count). The zero-order valence-electron chi connectivity index (χ0n) is 61.4. The highest BCUT2D eigenvalue weighted by atomic mass is 16.7. The van der Waals surface area contributed by atoms with Crippen molar-refractivity contribution >= 4 is 5.91 Å². The second kappa shape index (κ2) is 71.9. The number of aliphatic hydroxyl groups excluding tert-OH is 5. The number of aliphatic hydroxyl groups is 5. The summed E-state index contributed by atoms with van der Waals surface area (Å²) in [5.74, 6) is -0.131. The molecule has 1 saturated heterocycles. The van der Waals surface area contributed by atoms with Gasteiger partial charge in [0.1, 0.15) is 24.4 Å². The second-order valence-corrected chi connectivity index (χ2v) is 29.6. The fourth-order valence-electron chi connectivity index (χ4n) is 14.2. The largest absolute Gasteiger partial charge is 0.394 e. The summed E-state index contributed by atoms with van der Waals surface area (Å²) in [4.78, 5) is 13.2. The maximum atomic E-state index is 13.2. The molecule has 544 valence electrons. The van der Waals surface area contributed by atoms with Crippen LogP contribution in [0.2, 0.25) is 0 Å². The van der Waals surface area contributed by atoms with Gasteiger partial charge < -0.3 is 40.3 Å². The SMILES string of the molecule is CCCCCCCCCCCCCCCCCCCCCCCCCCCCCCCCCCCCCCCCCC(=O)NC(COC1OC(CO)C(O)C(O)C1O)C(O)CCCCCCCCCCCCCCCCCCCCCCCCCCCCCCC. The van der Waals surface area contributed by atoms with Crippen LogP contribution < -0.4 is 5.32 Å². The molecule has 0 saturated carbocycles. The molecule has 0 aromatic carbocycles. The van der Waals surface area contributed by atoms with E-state index in [1.165, 1.54) is 398 Å². The molecule has 0 radical (unpaired) electrons. The zero-order valence-corrected chi connectivity index (χ0v) is 61.4. The van der Waals surface area contributed by atoms with E-state index in [0.717, 1.165) is 38.5 Å². The Morgan fingerprint density at radius 2 is 0.549 bits per heavy atom. The molecule has 0 bridgehead atoms. The number of hydrogen-bond acceptors (Lipinski definition) is 8. The number of amides is 1. The van der Waals surface area contributed by atoms with Crippen LogP contribution in [0.1, 0.15) is 463 Å². The number of hydrogen-bond donors (Lipinski definition) is 6. The molecular weight excluding hydrogens is 1130 g/mol. The molecule has 1 aliphatic heterocycles. The molecule has 0 aromatic rings. The van der Waals surface area contributed by atoms with E-state index >= 15 is 0 Å². The first kappa shape index (κ1) is 88.2. The van der Waals surface area contributed by atoms with Gasteiger partial charge in [-0.05, 0) is 12.8 Å². The van der Waals surface area contributed by atoms with Crippen LogP contribution >= 0.6 is 0 Å². The Bertz CT molecular complexity index is 1400. The van der Waals surface area contributed by atoms with Gasteiger partial charge in [-0.25, -0.2) is 0 Å². The average Bonchev–Trinajstić information content (AvgIpc) is 1.33. The zero-order chi connectivity index (χ0) is 65.7. The van der Waals surface area contributed by atoms with Gasteiger partial charge in [-0.15, -0.1) is 0 Å². The van der Waals surface area contributed by atoms with Crippen molar-refractivity contribution in [2.75, 3.05) is 13.2 Å². The molecule has 1 amide bonds. The van der Waals surface area contributed by atoms with E-state index in [1.54, 1.807) is 0 Å². The molecule has 6 N–H and O–H groups in total. The van der Waals surface area contributed by atoms with Gasteiger partial charge in [0.25, 0.3) is 0 Å². The van der Waals surface area contributed by atoms with E-state index in [1.807, 2.05) is 0 Å². The fraction of sp³-hybridized carbons (Fsp3) is 0.988. The van der Waals surface area contributed by atoms with Crippen molar-refractivity contribution in [3.8, 4) is 0 Å². The highest BCUT2D eigenvalue weighted by Crippen LogP contribution is 2.25. The van der Waals surface area contributed by atoms with Crippen LogP contribution in [0.5, 0.6) is 0 Å². The first-order valence-electron chi connectivity index (χ1n) is 41.7. The maximum Gasteiger partial charge on any atom is 0.220 e. The Labute approximate surface area is 567 Å². The van der Waals surface area contributed by atoms with Gasteiger partial charge >= 0.3 is 0 Å². The lowest BCUT2D eigenvalue weighted by molar-refractivity contribution is -0.302. The van der Waals surface area contributed by atoms with Gasteiger partial charge in [0, 0.05) is 6.42 Å². The Balaban J connectivity index is 2.01. The number of nitrogens with one attached hydrogen (secondary N) is 1. The normalized spacial score (nSPS) is 17.5. The minimum atomic E-state index is -1.55. The lowest BCUT2D eigenvalue weighted by Crippen LogP contribution is -2.60. The van der Waals surface area contributed by atoms with E-state index in [-0.39, 0.29) is 12.5 Å². The van der Waals surface area contributed by atoms with Gasteiger partial charge in [0.2, 0.25) is 5.91 Å². The predicted octanol–water partition coefficient (Wildman–Crippen LogP) is 24.0. The molecule has 1 aliphatic rings. The number of carbonyl (C=O) groups is 1. The van der Waals surface area contributed by atoms with Crippen LogP contribution in [0.4, 0.5) is 0 Å². The Morgan fingerprint density at radius 1 is 0.330 bits per heavy atom. The van der Waals surface area contributed by atoms with Crippen LogP contribution in [-0.4, -0.2) is 87.5 Å². The minimum Gasteiger partial charge on any atom is -0.394 e. The van der Waals surface area contributed by atoms with Crippen LogP contribution in [0.15, 0.2) is 0 Å². The lowest BCUT2D eigenvalue weighted by Gasteiger charge is -2.40. The van der Waals surface area contributed by atoms with Crippen molar-refractivity contribution in [2.24, 2.45) is 0 Å². The highest BCUT2D eigenvalue weighted by Gasteiger charge is 2.44. The minimum absolute atomic E-state index is 0.130. The van der Waals surface area contributed by atoms with Crippen molar-refractivity contribution in [3.63, 3.8) is 0 Å². The van der Waals surface area contributed by atoms with E-state index in [9.17, 15) is 30.3 Å². The highest BCUT2D eigenvalue weighted by molar-refractivity contribution is 5.76. The molecule has 1 fully saturated rings. The Hall–Kier alpha value is -0.810. The predicted molar refractivity (Wildman–Crippen MR) is 392 cm³/mol. The van der Waals surface area contributed by atoms with E-state index < -0.39 is 49.5 Å². The monoisotopic (exact) mass is 1290 g/mol. The van der Waals surface area contributed by atoms with E-state index in [0.29, 0.717) is 12.8 Å². The topological polar surface area (TPSA) is 149 Å². The molecule has 91 heavy (non-hydrogen) atoms. The molecule has 9 nitrogen and oxygen atoms in total. The summed E-state index contributed by atoms with van der Waals surface area (Å²) in [6.07, 6.45) is 86.7. The van der Waals surface area contributed by atoms with Gasteiger partial charge in [0.05, 0.1) is 25.4 Å². The third-order valence-corrected chi connectivity index (χ3v) is 20.7. The quantitative estimate of drug-likeness (QED) is 0.0330. The van der Waals surface area contributed by atoms with Crippen LogP contribution in [0, 0.1) is 0 Å². The molecule has 9 heteroatoms. The van der Waals surface area contributed by atoms with Crippen molar-refractivity contribution in [1.29, 1.82) is 0 Å². The average molecular weight is 1290 g/mol. The number of rotatable bonds is 76. The molecule has 1 heterocycles. The van der Waals surface area contributed by atoms with Crippen molar-refractivity contribution in [2.45, 2.75) is 506 Å². The lowest BCUT2D eigenvalue weighted by atomic mass is 9.99. The molecule has 0 aliphatic carbocycles. The molecular formula is C82H163NO8. The van der Waals surface area contributed by atoms with E-state index in [4.69, 9.17) is 9.47 Å². The summed E-state index contributed by atoms with van der Waals surface area (Å²) >= 11 is 0. The first-order valence-corrected chi connectivity index (χ1v) is 41.7. The summed E-state index contributed by atoms with van der Waals surface area (Å²) in [5, 5.41) is 55.1. The van der Waals surface area contributed by atoms with Gasteiger partial charge in [-0.1, -0.05) is 444 Å². The standard InChI is InChI=1S/C82H163NO8/c1-3-5-7-9-11-13-15-17-19-21-23-25-27-29-31-33-34-35-36-37-38-39-40-41-42-44-46-48-50-52-54-56-58-60-62-64-66-68-70-72-78(86)83-75(74-90-82-81(89)80(88)79(87)77(73-84)91-82)76(85)71-69-67-65-63-61-59-57-55-53-51-49-47-45-43-32-30-28-26-24-22-20-18-16-14-12-10-8-6-4-2/h75-77,79-82,84-85,87-89H,3-74H2,1-2H3,(H,83,86). The van der Waals surface area contributed by atoms with Crippen LogP contribution in [-0.2, 0) is 14.3 Å². The van der Waals surface area contributed by atoms with Crippen molar-refractivity contribution < 1.29 is 39.8 Å². The summed E-state index contributed by atoms with van der Waals surface area (Å²) in [6, 6.07) is -0.716. The summed E-state index contributed by atoms with van der Waals surface area (Å²) in [7, 11) is 0. The maximum absolute atomic E-state index is 13.2. The Kier molecular flexibility index (Phi) is 69.7. The van der Waals surface area contributed by atoms with Crippen molar-refractivity contribution in [3.05, 3.63) is 0 Å². The summed E-state index contributed by atoms with van der Waals surface area (Å²) < 4.78 is 11.4. The van der Waals surface area contributed by atoms with Gasteiger partial charge in [-0.2, -0.15) is 0 Å². The van der Waals surface area contributed by atoms with Crippen LogP contribution in [0.25, 0.3) is 0 Å². The Morgan fingerprint density at radius 3 is 0.780 bits per heavy atom. The second-order valence-electron chi connectivity index (χ2n) is 29.6. The molecule has 7 atom stereocenters. The number of ether oxygens (including phenoxy) is 2. The molecule has 0 spiro atoms. The van der Waals surface area contributed by atoms with Crippen molar-refractivity contribution in [1.82, 2.24) is 5.32 Å². The first-order chi connectivity index (χ1) is 44.8. The van der Waals surface area contributed by atoms with Gasteiger partial charge in [-0.3, -0.25) is 4.79 Å². The van der Waals surface area contributed by atoms with E-state index in [2.05, 4.69) is 19.2 Å². The number of unbranched alkanes of at least 4 members (excludes halogenated alkanes) is 66. The molecule has 7 unspecified atom stereocenters. The van der Waals surface area contributed by atoms with Gasteiger partial charge in [0.15, 0.2) is 6.29 Å². The smallest absolute Gasteiger partial charge is 0.220 e. The van der Waals surface area contributed by atoms with Crippen LogP contribution in [0.3, 0.4) is 0 Å². The summed E-state index contributed by atoms with van der Waals surface area (Å²) in [6.45, 7) is 3.92.